The van der Waals surface area contributed by atoms with Crippen LogP contribution in [0.15, 0.2) is 36.4 Å². The lowest BCUT2D eigenvalue weighted by Gasteiger charge is -2.16. The van der Waals surface area contributed by atoms with Crippen LogP contribution in [-0.2, 0) is 6.54 Å². The molecule has 0 saturated carbocycles. The van der Waals surface area contributed by atoms with Gasteiger partial charge >= 0.3 is 0 Å². The summed E-state index contributed by atoms with van der Waals surface area (Å²) in [5.41, 5.74) is 1.90. The monoisotopic (exact) mass is 307 g/mol. The summed E-state index contributed by atoms with van der Waals surface area (Å²) in [4.78, 5) is 0. The number of halogens is 1. The summed E-state index contributed by atoms with van der Waals surface area (Å²) in [7, 11) is 4.86. The molecule has 0 fully saturated rings. The molecule has 4 nitrogen and oxygen atoms in total. The van der Waals surface area contributed by atoms with E-state index in [4.69, 9.17) is 25.8 Å². The highest BCUT2D eigenvalue weighted by Gasteiger charge is 2.13. The number of hydrogen-bond acceptors (Lipinski definition) is 4. The van der Waals surface area contributed by atoms with Crippen molar-refractivity contribution in [3.63, 3.8) is 0 Å². The number of nitrogens with one attached hydrogen (secondary N) is 1. The van der Waals surface area contributed by atoms with Crippen LogP contribution in [-0.4, -0.2) is 21.3 Å². The van der Waals surface area contributed by atoms with Gasteiger partial charge in [0.25, 0.3) is 0 Å². The molecule has 21 heavy (non-hydrogen) atoms. The quantitative estimate of drug-likeness (QED) is 0.876. The maximum atomic E-state index is 5.88. The molecule has 0 bridgehead atoms. The average Bonchev–Trinajstić information content (AvgIpc) is 2.53. The molecule has 5 heteroatoms. The summed E-state index contributed by atoms with van der Waals surface area (Å²) in [6, 6.07) is 11.2. The summed E-state index contributed by atoms with van der Waals surface area (Å²) in [6.45, 7) is 0.567. The van der Waals surface area contributed by atoms with Gasteiger partial charge in [0.15, 0.2) is 0 Å². The molecule has 0 unspecified atom stereocenters. The molecule has 0 radical (unpaired) electrons. The predicted octanol–water partition coefficient (Wildman–Crippen LogP) is 3.98. The van der Waals surface area contributed by atoms with E-state index in [1.54, 1.807) is 21.3 Å². The average molecular weight is 308 g/mol. The van der Waals surface area contributed by atoms with Crippen molar-refractivity contribution in [1.29, 1.82) is 0 Å². The van der Waals surface area contributed by atoms with Gasteiger partial charge in [-0.25, -0.2) is 0 Å². The predicted molar refractivity (Wildman–Crippen MR) is 84.9 cm³/mol. The molecule has 112 valence electrons. The van der Waals surface area contributed by atoms with Crippen LogP contribution in [0.2, 0.25) is 5.02 Å². The van der Waals surface area contributed by atoms with Crippen LogP contribution in [0, 0.1) is 0 Å². The summed E-state index contributed by atoms with van der Waals surface area (Å²) in [5.74, 6) is 2.12. The van der Waals surface area contributed by atoms with Gasteiger partial charge in [0.1, 0.15) is 17.2 Å². The molecule has 0 atom stereocenters. The van der Waals surface area contributed by atoms with Crippen LogP contribution in [0.3, 0.4) is 0 Å². The van der Waals surface area contributed by atoms with Crippen LogP contribution in [0.1, 0.15) is 5.56 Å². The van der Waals surface area contributed by atoms with E-state index in [-0.39, 0.29) is 0 Å². The Morgan fingerprint density at radius 1 is 0.905 bits per heavy atom. The first-order valence-corrected chi connectivity index (χ1v) is 6.84. The summed E-state index contributed by atoms with van der Waals surface area (Å²) >= 11 is 5.88. The lowest BCUT2D eigenvalue weighted by molar-refractivity contribution is 0.369. The van der Waals surface area contributed by atoms with E-state index in [1.807, 2.05) is 36.4 Å². The van der Waals surface area contributed by atoms with Gasteiger partial charge in [-0.15, -0.1) is 0 Å². The van der Waals surface area contributed by atoms with Crippen molar-refractivity contribution >= 4 is 17.3 Å². The smallest absolute Gasteiger partial charge is 0.131 e. The normalized spacial score (nSPS) is 10.1. The fourth-order valence-electron chi connectivity index (χ4n) is 2.01. The Morgan fingerprint density at radius 2 is 1.48 bits per heavy atom. The van der Waals surface area contributed by atoms with E-state index >= 15 is 0 Å². The molecule has 2 rings (SSSR count). The molecule has 0 aliphatic heterocycles. The van der Waals surface area contributed by atoms with Gasteiger partial charge in [-0.1, -0.05) is 11.6 Å². The SMILES string of the molecule is COc1cc(OC)c(CNc2ccc(Cl)cc2)c(OC)c1. The third-order valence-corrected chi connectivity index (χ3v) is 3.38. The molecular formula is C16H18ClNO3. The third-order valence-electron chi connectivity index (χ3n) is 3.13. The maximum Gasteiger partial charge on any atom is 0.131 e. The number of ether oxygens (including phenoxy) is 3. The lowest BCUT2D eigenvalue weighted by Crippen LogP contribution is -2.04. The number of benzene rings is 2. The Morgan fingerprint density at radius 3 is 1.95 bits per heavy atom. The molecule has 0 aliphatic carbocycles. The number of anilines is 1. The van der Waals surface area contributed by atoms with Crippen molar-refractivity contribution in [3.05, 3.63) is 47.0 Å². The van der Waals surface area contributed by atoms with Gasteiger partial charge in [-0.05, 0) is 24.3 Å². The summed E-state index contributed by atoms with van der Waals surface area (Å²) in [5, 5.41) is 4.02. The summed E-state index contributed by atoms with van der Waals surface area (Å²) in [6.07, 6.45) is 0. The number of hydrogen-bond donors (Lipinski definition) is 1. The minimum Gasteiger partial charge on any atom is -0.496 e. The van der Waals surface area contributed by atoms with E-state index in [0.717, 1.165) is 11.3 Å². The van der Waals surface area contributed by atoms with E-state index in [9.17, 15) is 0 Å². The second-order valence-corrected chi connectivity index (χ2v) is 4.81. The van der Waals surface area contributed by atoms with Crippen molar-refractivity contribution in [2.24, 2.45) is 0 Å². The van der Waals surface area contributed by atoms with Crippen molar-refractivity contribution in [3.8, 4) is 17.2 Å². The molecule has 2 aromatic rings. The standard InChI is InChI=1S/C16H18ClNO3/c1-19-13-8-15(20-2)14(16(9-13)21-3)10-18-12-6-4-11(17)5-7-12/h4-9,18H,10H2,1-3H3. The number of rotatable bonds is 6. The molecule has 1 N–H and O–H groups in total. The van der Waals surface area contributed by atoms with E-state index < -0.39 is 0 Å². The fourth-order valence-corrected chi connectivity index (χ4v) is 2.14. The topological polar surface area (TPSA) is 39.7 Å². The van der Waals surface area contributed by atoms with Crippen molar-refractivity contribution < 1.29 is 14.2 Å². The molecule has 0 spiro atoms. The third kappa shape index (κ3) is 3.73. The first-order chi connectivity index (χ1) is 10.2. The van der Waals surface area contributed by atoms with Crippen molar-refractivity contribution in [2.45, 2.75) is 6.54 Å². The van der Waals surface area contributed by atoms with Crippen LogP contribution in [0.5, 0.6) is 17.2 Å². The van der Waals surface area contributed by atoms with Gasteiger partial charge in [0.05, 0.1) is 26.9 Å². The zero-order valence-electron chi connectivity index (χ0n) is 12.3. The summed E-state index contributed by atoms with van der Waals surface area (Å²) < 4.78 is 16.1. The first-order valence-electron chi connectivity index (χ1n) is 6.46. The van der Waals surface area contributed by atoms with E-state index in [0.29, 0.717) is 28.8 Å². The molecule has 0 aliphatic rings. The van der Waals surface area contributed by atoms with E-state index in [2.05, 4.69) is 5.32 Å². The molecular weight excluding hydrogens is 290 g/mol. The molecule has 0 saturated heterocycles. The highest BCUT2D eigenvalue weighted by atomic mass is 35.5. The van der Waals surface area contributed by atoms with Crippen molar-refractivity contribution in [1.82, 2.24) is 0 Å². The number of methoxy groups -OCH3 is 3. The Kier molecular flexibility index (Phi) is 5.17. The Bertz CT molecular complexity index is 574. The van der Waals surface area contributed by atoms with Gasteiger partial charge in [0.2, 0.25) is 0 Å². The zero-order valence-corrected chi connectivity index (χ0v) is 13.0. The van der Waals surface area contributed by atoms with Crippen LogP contribution < -0.4 is 19.5 Å². The Hall–Kier alpha value is -2.07. The van der Waals surface area contributed by atoms with E-state index in [1.165, 1.54) is 0 Å². The lowest BCUT2D eigenvalue weighted by atomic mass is 10.1. The molecule has 0 amide bonds. The second-order valence-electron chi connectivity index (χ2n) is 4.37. The second kappa shape index (κ2) is 7.09. The zero-order chi connectivity index (χ0) is 15.2. The fraction of sp³-hybridized carbons (Fsp3) is 0.250. The van der Waals surface area contributed by atoms with Crippen LogP contribution >= 0.6 is 11.6 Å². The van der Waals surface area contributed by atoms with Gasteiger partial charge in [-0.2, -0.15) is 0 Å². The Balaban J connectivity index is 2.23. The minimum atomic E-state index is 0.567. The van der Waals surface area contributed by atoms with Crippen LogP contribution in [0.25, 0.3) is 0 Å². The van der Waals surface area contributed by atoms with Gasteiger partial charge in [-0.3, -0.25) is 0 Å². The molecule has 0 aromatic heterocycles. The molecule has 2 aromatic carbocycles. The van der Waals surface area contributed by atoms with Gasteiger partial charge < -0.3 is 19.5 Å². The minimum absolute atomic E-state index is 0.567. The van der Waals surface area contributed by atoms with Crippen molar-refractivity contribution in [2.75, 3.05) is 26.6 Å². The highest BCUT2D eigenvalue weighted by molar-refractivity contribution is 6.30. The highest BCUT2D eigenvalue weighted by Crippen LogP contribution is 2.34. The maximum absolute atomic E-state index is 5.88. The Labute approximate surface area is 129 Å². The van der Waals surface area contributed by atoms with Gasteiger partial charge in [0, 0.05) is 29.4 Å². The first kappa shape index (κ1) is 15.3. The van der Waals surface area contributed by atoms with Crippen LogP contribution in [0.4, 0.5) is 5.69 Å². The largest absolute Gasteiger partial charge is 0.496 e. The molecule has 0 heterocycles.